The monoisotopic (exact) mass is 328 g/mol. The van der Waals surface area contributed by atoms with E-state index in [1.165, 1.54) is 0 Å². The topological polar surface area (TPSA) is 125 Å². The van der Waals surface area contributed by atoms with Gasteiger partial charge < -0.3 is 22.5 Å². The molecule has 128 valence electrons. The highest BCUT2D eigenvalue weighted by molar-refractivity contribution is 6.01. The van der Waals surface area contributed by atoms with Crippen molar-refractivity contribution in [1.82, 2.24) is 15.1 Å². The number of hydrogen-bond acceptors (Lipinski definition) is 5. The van der Waals surface area contributed by atoms with Crippen LogP contribution >= 0.6 is 0 Å². The molecule has 24 heavy (non-hydrogen) atoms. The van der Waals surface area contributed by atoms with Gasteiger partial charge in [-0.2, -0.15) is 5.10 Å². The summed E-state index contributed by atoms with van der Waals surface area (Å²) in [6.07, 6.45) is 0.816. The zero-order chi connectivity index (χ0) is 17.9. The predicted octanol–water partition coefficient (Wildman–Crippen LogP) is 1.09. The van der Waals surface area contributed by atoms with Crippen LogP contribution in [0.2, 0.25) is 0 Å². The van der Waals surface area contributed by atoms with Gasteiger partial charge in [-0.3, -0.25) is 9.48 Å². The zero-order valence-electron chi connectivity index (χ0n) is 14.3. The van der Waals surface area contributed by atoms with Crippen molar-refractivity contribution in [2.75, 3.05) is 12.3 Å². The second-order valence-corrected chi connectivity index (χ2v) is 5.64. The number of anilines is 1. The van der Waals surface area contributed by atoms with Gasteiger partial charge in [-0.25, -0.2) is 0 Å². The molecule has 1 aromatic carbocycles. The van der Waals surface area contributed by atoms with Gasteiger partial charge in [0, 0.05) is 24.7 Å². The summed E-state index contributed by atoms with van der Waals surface area (Å²) in [5.41, 5.74) is 22.0. The molecule has 0 aliphatic heterocycles. The number of nitrogens with one attached hydrogen (secondary N) is 1. The smallest absolute Gasteiger partial charge is 0.269 e. The van der Waals surface area contributed by atoms with E-state index in [9.17, 15) is 4.79 Å². The van der Waals surface area contributed by atoms with Crippen molar-refractivity contribution >= 4 is 17.3 Å². The maximum absolute atomic E-state index is 12.0. The third kappa shape index (κ3) is 3.34. The molecule has 0 bridgehead atoms. The van der Waals surface area contributed by atoms with Crippen LogP contribution in [0, 0.1) is 6.92 Å². The van der Waals surface area contributed by atoms with Crippen LogP contribution in [0.15, 0.2) is 30.0 Å². The molecule has 0 fully saturated rings. The van der Waals surface area contributed by atoms with Gasteiger partial charge in [-0.15, -0.1) is 0 Å². The molecule has 0 aliphatic rings. The SMILES string of the molecule is CCCNC(=O)/C(N)=C(\N)c1cccc(-c2cc(C)nn2C)c1N. The molecule has 0 unspecified atom stereocenters. The minimum atomic E-state index is -0.393. The summed E-state index contributed by atoms with van der Waals surface area (Å²) in [4.78, 5) is 12.0. The highest BCUT2D eigenvalue weighted by atomic mass is 16.2. The molecular formula is C17H24N6O. The van der Waals surface area contributed by atoms with E-state index in [2.05, 4.69) is 10.4 Å². The van der Waals surface area contributed by atoms with Crippen molar-refractivity contribution < 1.29 is 4.79 Å². The largest absolute Gasteiger partial charge is 0.398 e. The normalized spacial score (nSPS) is 12.0. The summed E-state index contributed by atoms with van der Waals surface area (Å²) in [6.45, 7) is 4.41. The molecule has 0 radical (unpaired) electrons. The third-order valence-corrected chi connectivity index (χ3v) is 3.74. The summed E-state index contributed by atoms with van der Waals surface area (Å²) >= 11 is 0. The van der Waals surface area contributed by atoms with E-state index in [1.54, 1.807) is 10.7 Å². The van der Waals surface area contributed by atoms with Gasteiger partial charge in [0.05, 0.1) is 22.8 Å². The summed E-state index contributed by atoms with van der Waals surface area (Å²) in [5.74, 6) is -0.393. The van der Waals surface area contributed by atoms with Crippen molar-refractivity contribution in [3.8, 4) is 11.3 Å². The van der Waals surface area contributed by atoms with Gasteiger partial charge in [0.2, 0.25) is 0 Å². The second kappa shape index (κ2) is 7.08. The highest BCUT2D eigenvalue weighted by Gasteiger charge is 2.16. The number of benzene rings is 1. The first-order valence-electron chi connectivity index (χ1n) is 7.80. The number of aromatic nitrogens is 2. The average molecular weight is 328 g/mol. The Morgan fingerprint density at radius 1 is 1.33 bits per heavy atom. The lowest BCUT2D eigenvalue weighted by molar-refractivity contribution is -0.117. The zero-order valence-corrected chi connectivity index (χ0v) is 14.3. The Morgan fingerprint density at radius 3 is 2.62 bits per heavy atom. The summed E-state index contributed by atoms with van der Waals surface area (Å²) in [5, 5.41) is 7.03. The van der Waals surface area contributed by atoms with Gasteiger partial charge in [-0.1, -0.05) is 25.1 Å². The molecule has 7 nitrogen and oxygen atoms in total. The van der Waals surface area contributed by atoms with Crippen molar-refractivity contribution in [3.63, 3.8) is 0 Å². The van der Waals surface area contributed by atoms with E-state index < -0.39 is 5.91 Å². The van der Waals surface area contributed by atoms with E-state index in [0.717, 1.165) is 23.4 Å². The molecule has 0 spiro atoms. The molecule has 0 saturated heterocycles. The molecule has 7 N–H and O–H groups in total. The van der Waals surface area contributed by atoms with Crippen molar-refractivity contribution in [2.45, 2.75) is 20.3 Å². The van der Waals surface area contributed by atoms with Gasteiger partial charge in [0.15, 0.2) is 0 Å². The molecule has 0 aliphatic carbocycles. The van der Waals surface area contributed by atoms with Crippen molar-refractivity contribution in [2.24, 2.45) is 18.5 Å². The summed E-state index contributed by atoms with van der Waals surface area (Å²) in [7, 11) is 1.85. The Bertz CT molecular complexity index is 790. The first-order chi connectivity index (χ1) is 11.4. The number of nitrogens with two attached hydrogens (primary N) is 3. The van der Waals surface area contributed by atoms with Crippen LogP contribution in [0.4, 0.5) is 5.69 Å². The Labute approximate surface area is 141 Å². The second-order valence-electron chi connectivity index (χ2n) is 5.64. The van der Waals surface area contributed by atoms with Gasteiger partial charge in [0.25, 0.3) is 5.91 Å². The number of nitrogen functional groups attached to an aromatic ring is 1. The Hall–Kier alpha value is -2.96. The number of amides is 1. The highest BCUT2D eigenvalue weighted by Crippen LogP contribution is 2.31. The molecule has 0 atom stereocenters. The van der Waals surface area contributed by atoms with Crippen LogP contribution < -0.4 is 22.5 Å². The molecule has 1 amide bonds. The number of para-hydroxylation sites is 1. The fraction of sp³-hybridized carbons (Fsp3) is 0.294. The van der Waals surface area contributed by atoms with Gasteiger partial charge in [-0.05, 0) is 19.4 Å². The summed E-state index contributed by atoms with van der Waals surface area (Å²) in [6, 6.07) is 7.40. The Balaban J connectivity index is 2.47. The van der Waals surface area contributed by atoms with Crippen LogP contribution in [-0.2, 0) is 11.8 Å². The number of aryl methyl sites for hydroxylation is 2. The molecule has 0 saturated carbocycles. The van der Waals surface area contributed by atoms with E-state index >= 15 is 0 Å². The van der Waals surface area contributed by atoms with E-state index in [1.807, 2.05) is 39.1 Å². The van der Waals surface area contributed by atoms with E-state index in [0.29, 0.717) is 17.8 Å². The van der Waals surface area contributed by atoms with Crippen LogP contribution in [0.3, 0.4) is 0 Å². The van der Waals surface area contributed by atoms with Crippen LogP contribution in [0.5, 0.6) is 0 Å². The standard InChI is InChI=1S/C17H24N6O/c1-4-8-21-17(24)16(20)15(19)12-7-5-6-11(14(12)18)13-9-10(2)22-23(13)3/h5-7,9H,4,8,18-20H2,1-3H3,(H,21,24)/b16-15+. The van der Waals surface area contributed by atoms with Gasteiger partial charge in [0.1, 0.15) is 5.70 Å². The fourth-order valence-electron chi connectivity index (χ4n) is 2.49. The lowest BCUT2D eigenvalue weighted by atomic mass is 10.0. The van der Waals surface area contributed by atoms with Crippen LogP contribution in [0.1, 0.15) is 24.6 Å². The van der Waals surface area contributed by atoms with Crippen LogP contribution in [-0.4, -0.2) is 22.2 Å². The molecule has 7 heteroatoms. The maximum Gasteiger partial charge on any atom is 0.269 e. The number of hydrogen-bond donors (Lipinski definition) is 4. The van der Waals surface area contributed by atoms with E-state index in [-0.39, 0.29) is 11.4 Å². The quantitative estimate of drug-likeness (QED) is 0.483. The third-order valence-electron chi connectivity index (χ3n) is 3.74. The van der Waals surface area contributed by atoms with E-state index in [4.69, 9.17) is 17.2 Å². The Kier molecular flexibility index (Phi) is 5.13. The van der Waals surface area contributed by atoms with Crippen LogP contribution in [0.25, 0.3) is 17.0 Å². The number of carbonyl (C=O) groups excluding carboxylic acids is 1. The van der Waals surface area contributed by atoms with Crippen molar-refractivity contribution in [1.29, 1.82) is 0 Å². The molecule has 2 aromatic rings. The molecule has 1 aromatic heterocycles. The average Bonchev–Trinajstić information content (AvgIpc) is 2.89. The maximum atomic E-state index is 12.0. The first-order valence-corrected chi connectivity index (χ1v) is 7.80. The molecular weight excluding hydrogens is 304 g/mol. The summed E-state index contributed by atoms with van der Waals surface area (Å²) < 4.78 is 1.75. The number of nitrogens with zero attached hydrogens (tertiary/aromatic N) is 2. The Morgan fingerprint density at radius 2 is 2.04 bits per heavy atom. The lowest BCUT2D eigenvalue weighted by Crippen LogP contribution is -2.31. The van der Waals surface area contributed by atoms with Crippen molar-refractivity contribution in [3.05, 3.63) is 41.2 Å². The van der Waals surface area contributed by atoms with Gasteiger partial charge >= 0.3 is 0 Å². The minimum absolute atomic E-state index is 0.0338. The molecule has 1 heterocycles. The molecule has 2 rings (SSSR count). The lowest BCUT2D eigenvalue weighted by Gasteiger charge is -2.13. The first kappa shape index (κ1) is 17.4. The number of rotatable bonds is 5. The number of carbonyl (C=O) groups is 1. The fourth-order valence-corrected chi connectivity index (χ4v) is 2.49. The predicted molar refractivity (Wildman–Crippen MR) is 96.4 cm³/mol. The minimum Gasteiger partial charge on any atom is -0.398 e.